The van der Waals surface area contributed by atoms with Crippen molar-refractivity contribution in [2.45, 2.75) is 16.4 Å². The molecule has 1 aromatic heterocycles. The van der Waals surface area contributed by atoms with Gasteiger partial charge < -0.3 is 10.1 Å². The van der Waals surface area contributed by atoms with Crippen LogP contribution in [0.5, 0.6) is 0 Å². The predicted molar refractivity (Wildman–Crippen MR) is 112 cm³/mol. The monoisotopic (exact) mass is 396 g/mol. The first kappa shape index (κ1) is 18.5. The van der Waals surface area contributed by atoms with Gasteiger partial charge in [0.15, 0.2) is 0 Å². The molecule has 0 bridgehead atoms. The van der Waals surface area contributed by atoms with Crippen LogP contribution in [-0.2, 0) is 4.74 Å². The lowest BCUT2D eigenvalue weighted by Crippen LogP contribution is -2.41. The molecule has 1 aliphatic heterocycles. The molecule has 1 fully saturated rings. The Morgan fingerprint density at radius 1 is 1.00 bits per heavy atom. The molecular weight excluding hydrogens is 376 g/mol. The number of nitrogens with one attached hydrogen (secondary N) is 1. The van der Waals surface area contributed by atoms with Gasteiger partial charge in [-0.05, 0) is 17.7 Å². The molecule has 0 aliphatic carbocycles. The Morgan fingerprint density at radius 3 is 2.56 bits per heavy atom. The molecule has 5 heteroatoms. The Bertz CT molecular complexity index is 884. The van der Waals surface area contributed by atoms with Crippen molar-refractivity contribution < 1.29 is 4.74 Å². The van der Waals surface area contributed by atoms with E-state index < -0.39 is 0 Å². The normalized spacial score (nSPS) is 18.2. The minimum atomic E-state index is 0.0900. The summed E-state index contributed by atoms with van der Waals surface area (Å²) in [5, 5.41) is 5.30. The van der Waals surface area contributed by atoms with Gasteiger partial charge in [0.2, 0.25) is 0 Å². The van der Waals surface area contributed by atoms with Crippen molar-refractivity contribution >= 4 is 23.4 Å². The molecule has 1 aliphatic rings. The Morgan fingerprint density at radius 2 is 1.78 bits per heavy atom. The highest BCUT2D eigenvalue weighted by Gasteiger charge is 2.28. The molecule has 0 spiro atoms. The van der Waals surface area contributed by atoms with Crippen LogP contribution < -0.4 is 5.32 Å². The van der Waals surface area contributed by atoms with E-state index in [9.17, 15) is 0 Å². The molecule has 2 heterocycles. The molecule has 1 saturated heterocycles. The lowest BCUT2D eigenvalue weighted by Gasteiger charge is -2.31. The van der Waals surface area contributed by atoms with Crippen LogP contribution in [0.2, 0.25) is 5.02 Å². The molecule has 27 heavy (non-hydrogen) atoms. The molecule has 2 aromatic carbocycles. The highest BCUT2D eigenvalue weighted by atomic mass is 35.5. The number of halogens is 1. The van der Waals surface area contributed by atoms with E-state index in [1.54, 1.807) is 11.8 Å². The lowest BCUT2D eigenvalue weighted by molar-refractivity contribution is 0.0273. The van der Waals surface area contributed by atoms with E-state index in [4.69, 9.17) is 16.3 Å². The molecule has 0 saturated carbocycles. The van der Waals surface area contributed by atoms with Gasteiger partial charge in [-0.2, -0.15) is 0 Å². The van der Waals surface area contributed by atoms with Crippen molar-refractivity contribution in [3.63, 3.8) is 0 Å². The van der Waals surface area contributed by atoms with Gasteiger partial charge in [-0.3, -0.25) is 0 Å². The summed E-state index contributed by atoms with van der Waals surface area (Å²) in [5.41, 5.74) is 3.30. The summed E-state index contributed by atoms with van der Waals surface area (Å²) in [6.07, 6.45) is 1.93. The number of rotatable bonds is 5. The molecule has 138 valence electrons. The van der Waals surface area contributed by atoms with Gasteiger partial charge in [-0.15, -0.1) is 0 Å². The van der Waals surface area contributed by atoms with E-state index in [1.165, 1.54) is 5.56 Å². The number of pyridine rings is 1. The van der Waals surface area contributed by atoms with Crippen molar-refractivity contribution in [3.05, 3.63) is 83.5 Å². The number of hydrogen-bond acceptors (Lipinski definition) is 4. The van der Waals surface area contributed by atoms with E-state index in [1.807, 2.05) is 42.6 Å². The highest BCUT2D eigenvalue weighted by molar-refractivity contribution is 7.99. The maximum Gasteiger partial charge on any atom is 0.105 e. The topological polar surface area (TPSA) is 34.2 Å². The van der Waals surface area contributed by atoms with E-state index in [0.29, 0.717) is 0 Å². The third kappa shape index (κ3) is 4.36. The number of nitrogens with zero attached hydrogens (tertiary/aromatic N) is 1. The SMILES string of the molecule is Clc1ccccc1-c1cccnc1SC(c1ccccc1)C1CNCCO1. The second-order valence-electron chi connectivity index (χ2n) is 6.40. The summed E-state index contributed by atoms with van der Waals surface area (Å²) in [6, 6.07) is 22.5. The fourth-order valence-electron chi connectivity index (χ4n) is 3.27. The molecule has 4 rings (SSSR count). The fourth-order valence-corrected chi connectivity index (χ4v) is 4.80. The standard InChI is InChI=1S/C22H21ClN2OS/c23-19-11-5-4-9-17(19)18-10-6-12-25-22(18)27-21(16-7-2-1-3-8-16)20-15-24-13-14-26-20/h1-12,20-21,24H,13-15H2. The van der Waals surface area contributed by atoms with E-state index in [-0.39, 0.29) is 11.4 Å². The van der Waals surface area contributed by atoms with Crippen molar-refractivity contribution in [1.29, 1.82) is 0 Å². The van der Waals surface area contributed by atoms with Gasteiger partial charge in [0.1, 0.15) is 5.03 Å². The van der Waals surface area contributed by atoms with Crippen LogP contribution >= 0.6 is 23.4 Å². The zero-order valence-corrected chi connectivity index (χ0v) is 16.4. The first-order valence-electron chi connectivity index (χ1n) is 9.07. The molecule has 0 amide bonds. The van der Waals surface area contributed by atoms with Crippen molar-refractivity contribution in [3.8, 4) is 11.1 Å². The lowest BCUT2D eigenvalue weighted by atomic mass is 10.1. The average Bonchev–Trinajstić information content (AvgIpc) is 2.74. The largest absolute Gasteiger partial charge is 0.374 e. The Labute approximate surface area is 169 Å². The Hall–Kier alpha value is -1.85. The van der Waals surface area contributed by atoms with E-state index in [2.05, 4.69) is 40.6 Å². The van der Waals surface area contributed by atoms with Gasteiger partial charge in [0.05, 0.1) is 18.0 Å². The predicted octanol–water partition coefficient (Wildman–Crippen LogP) is 5.22. The summed E-state index contributed by atoms with van der Waals surface area (Å²) < 4.78 is 6.10. The zero-order chi connectivity index (χ0) is 18.5. The van der Waals surface area contributed by atoms with Gasteiger partial charge in [0, 0.05) is 35.4 Å². The van der Waals surface area contributed by atoms with Crippen LogP contribution in [0.25, 0.3) is 11.1 Å². The second-order valence-corrected chi connectivity index (χ2v) is 7.94. The molecule has 0 radical (unpaired) electrons. The molecule has 1 N–H and O–H groups in total. The first-order chi connectivity index (χ1) is 13.3. The van der Waals surface area contributed by atoms with E-state index >= 15 is 0 Å². The molecule has 3 aromatic rings. The summed E-state index contributed by atoms with van der Waals surface area (Å²) in [5.74, 6) is 0. The quantitative estimate of drug-likeness (QED) is 0.599. The smallest absolute Gasteiger partial charge is 0.105 e. The van der Waals surface area contributed by atoms with Gasteiger partial charge in [-0.1, -0.05) is 78.0 Å². The maximum atomic E-state index is 6.46. The zero-order valence-electron chi connectivity index (χ0n) is 14.8. The first-order valence-corrected chi connectivity index (χ1v) is 10.3. The molecule has 2 atom stereocenters. The van der Waals surface area contributed by atoms with Crippen LogP contribution in [0, 0.1) is 0 Å². The Balaban J connectivity index is 1.71. The number of benzene rings is 2. The third-order valence-electron chi connectivity index (χ3n) is 4.60. The summed E-state index contributed by atoms with van der Waals surface area (Å²) in [4.78, 5) is 4.68. The maximum absolute atomic E-state index is 6.46. The number of thioether (sulfide) groups is 1. The van der Waals surface area contributed by atoms with Gasteiger partial charge in [0.25, 0.3) is 0 Å². The van der Waals surface area contributed by atoms with Crippen LogP contribution in [0.1, 0.15) is 10.8 Å². The van der Waals surface area contributed by atoms with Crippen molar-refractivity contribution in [2.75, 3.05) is 19.7 Å². The summed E-state index contributed by atoms with van der Waals surface area (Å²) in [6.45, 7) is 2.46. The number of aromatic nitrogens is 1. The number of hydrogen-bond donors (Lipinski definition) is 1. The van der Waals surface area contributed by atoms with Gasteiger partial charge in [-0.25, -0.2) is 4.98 Å². The number of ether oxygens (including phenoxy) is 1. The third-order valence-corrected chi connectivity index (χ3v) is 6.30. The van der Waals surface area contributed by atoms with E-state index in [0.717, 1.165) is 40.9 Å². The van der Waals surface area contributed by atoms with Crippen molar-refractivity contribution in [1.82, 2.24) is 10.3 Å². The average molecular weight is 397 g/mol. The van der Waals surface area contributed by atoms with Crippen LogP contribution in [-0.4, -0.2) is 30.8 Å². The number of morpholine rings is 1. The summed E-state index contributed by atoms with van der Waals surface area (Å²) in [7, 11) is 0. The minimum absolute atomic E-state index is 0.0900. The van der Waals surface area contributed by atoms with Crippen LogP contribution in [0.4, 0.5) is 0 Å². The summed E-state index contributed by atoms with van der Waals surface area (Å²) >= 11 is 8.20. The molecular formula is C22H21ClN2OS. The van der Waals surface area contributed by atoms with Gasteiger partial charge >= 0.3 is 0 Å². The fraction of sp³-hybridized carbons (Fsp3) is 0.227. The molecule has 2 unspecified atom stereocenters. The van der Waals surface area contributed by atoms with Crippen LogP contribution in [0.3, 0.4) is 0 Å². The minimum Gasteiger partial charge on any atom is -0.374 e. The van der Waals surface area contributed by atoms with Crippen LogP contribution in [0.15, 0.2) is 78.0 Å². The molecule has 3 nitrogen and oxygen atoms in total. The second kappa shape index (κ2) is 8.89. The Kier molecular flexibility index (Phi) is 6.10. The highest BCUT2D eigenvalue weighted by Crippen LogP contribution is 2.43. The van der Waals surface area contributed by atoms with Crippen molar-refractivity contribution in [2.24, 2.45) is 0 Å².